The number of nitrogens with one attached hydrogen (secondary N) is 1. The van der Waals surface area contributed by atoms with Crippen LogP contribution in [0.25, 0.3) is 11.3 Å². The number of hydrogen-bond donors (Lipinski definition) is 1. The lowest BCUT2D eigenvalue weighted by Crippen LogP contribution is -2.45. The van der Waals surface area contributed by atoms with Gasteiger partial charge in [-0.2, -0.15) is 5.26 Å². The normalized spacial score (nSPS) is 15.7. The average molecular weight is 369 g/mol. The first-order valence-electron chi connectivity index (χ1n) is 8.77. The largest absolute Gasteiger partial charge is 0.301 e. The summed E-state index contributed by atoms with van der Waals surface area (Å²) in [6.45, 7) is 8.48. The number of likely N-dealkylation sites (N-methyl/N-ethyl adjacent to an activating group) is 1. The van der Waals surface area contributed by atoms with Crippen molar-refractivity contribution in [3.05, 3.63) is 45.7 Å². The van der Waals surface area contributed by atoms with Crippen molar-refractivity contribution >= 4 is 11.8 Å². The molecule has 3 rings (SSSR count). The van der Waals surface area contributed by atoms with Gasteiger partial charge in [0.2, 0.25) is 0 Å². The molecule has 0 radical (unpaired) electrons. The van der Waals surface area contributed by atoms with E-state index in [1.165, 1.54) is 17.3 Å². The van der Waals surface area contributed by atoms with E-state index < -0.39 is 0 Å². The van der Waals surface area contributed by atoms with E-state index in [4.69, 9.17) is 0 Å². The van der Waals surface area contributed by atoms with E-state index in [1.54, 1.807) is 0 Å². The molecule has 1 aromatic heterocycles. The van der Waals surface area contributed by atoms with Gasteiger partial charge in [0, 0.05) is 38.3 Å². The minimum absolute atomic E-state index is 0.0662. The third kappa shape index (κ3) is 4.15. The lowest BCUT2D eigenvalue weighted by Gasteiger charge is -2.34. The van der Waals surface area contributed by atoms with Gasteiger partial charge in [-0.3, -0.25) is 9.69 Å². The van der Waals surface area contributed by atoms with E-state index in [9.17, 15) is 10.1 Å². The van der Waals surface area contributed by atoms with Crippen LogP contribution in [0.1, 0.15) is 18.1 Å². The zero-order chi connectivity index (χ0) is 18.5. The summed E-state index contributed by atoms with van der Waals surface area (Å²) in [7, 11) is 0. The highest BCUT2D eigenvalue weighted by atomic mass is 32.2. The maximum Gasteiger partial charge on any atom is 0.270 e. The molecule has 0 amide bonds. The Balaban J connectivity index is 1.85. The lowest BCUT2D eigenvalue weighted by atomic mass is 10.0. The van der Waals surface area contributed by atoms with E-state index in [-0.39, 0.29) is 11.1 Å². The lowest BCUT2D eigenvalue weighted by molar-refractivity contribution is 0.132. The van der Waals surface area contributed by atoms with Gasteiger partial charge in [-0.05, 0) is 24.4 Å². The Morgan fingerprint density at radius 2 is 2.00 bits per heavy atom. The maximum atomic E-state index is 12.1. The molecular weight excluding hydrogens is 346 g/mol. The van der Waals surface area contributed by atoms with Gasteiger partial charge in [0.15, 0.2) is 5.16 Å². The van der Waals surface area contributed by atoms with Gasteiger partial charge >= 0.3 is 0 Å². The molecule has 0 unspecified atom stereocenters. The summed E-state index contributed by atoms with van der Waals surface area (Å²) in [5, 5.41) is 9.89. The minimum Gasteiger partial charge on any atom is -0.301 e. The van der Waals surface area contributed by atoms with Crippen LogP contribution >= 0.6 is 11.8 Å². The molecule has 0 bridgehead atoms. The summed E-state index contributed by atoms with van der Waals surface area (Å²) in [4.78, 5) is 24.1. The summed E-state index contributed by atoms with van der Waals surface area (Å²) < 4.78 is 0. The fraction of sp³-hybridized carbons (Fsp3) is 0.421. The first kappa shape index (κ1) is 18.6. The molecule has 6 nitrogen and oxygen atoms in total. The molecule has 26 heavy (non-hydrogen) atoms. The number of thioether (sulfide) groups is 1. The maximum absolute atomic E-state index is 12.1. The summed E-state index contributed by atoms with van der Waals surface area (Å²) in [5.74, 6) is 0. The van der Waals surface area contributed by atoms with Gasteiger partial charge in [-0.1, -0.05) is 36.9 Å². The van der Waals surface area contributed by atoms with E-state index >= 15 is 0 Å². The van der Waals surface area contributed by atoms with Crippen LogP contribution in [0, 0.1) is 11.3 Å². The van der Waals surface area contributed by atoms with Crippen molar-refractivity contribution in [3.63, 3.8) is 0 Å². The Labute approximate surface area is 157 Å². The standard InChI is InChI=1S/C19H23N5OS/c1-3-23-7-9-24(10-8-23)13-14-5-4-6-15(11-14)17-16(12-20)18(25)22-19(21-17)26-2/h4-6,11H,3,7-10,13H2,1-2H3,(H,21,22,25). The average Bonchev–Trinajstić information content (AvgIpc) is 2.68. The summed E-state index contributed by atoms with van der Waals surface area (Å²) in [5.41, 5.74) is 2.12. The molecule has 0 aliphatic carbocycles. The Morgan fingerprint density at radius 3 is 2.65 bits per heavy atom. The van der Waals surface area contributed by atoms with Crippen LogP contribution in [0.4, 0.5) is 0 Å². The summed E-state index contributed by atoms with van der Waals surface area (Å²) >= 11 is 1.36. The highest BCUT2D eigenvalue weighted by molar-refractivity contribution is 7.98. The third-order valence-electron chi connectivity index (χ3n) is 4.72. The number of piperazine rings is 1. The van der Waals surface area contributed by atoms with Gasteiger partial charge in [-0.25, -0.2) is 4.98 Å². The molecule has 0 spiro atoms. The van der Waals surface area contributed by atoms with Crippen LogP contribution in [0.3, 0.4) is 0 Å². The number of aromatic amines is 1. The van der Waals surface area contributed by atoms with E-state index in [0.717, 1.165) is 44.8 Å². The molecule has 7 heteroatoms. The second-order valence-electron chi connectivity index (χ2n) is 6.32. The van der Waals surface area contributed by atoms with Crippen molar-refractivity contribution < 1.29 is 0 Å². The van der Waals surface area contributed by atoms with Gasteiger partial charge in [-0.15, -0.1) is 0 Å². The number of benzene rings is 1. The predicted octanol–water partition coefficient (Wildman–Crippen LogP) is 2.17. The van der Waals surface area contributed by atoms with E-state index in [2.05, 4.69) is 32.8 Å². The van der Waals surface area contributed by atoms with Crippen molar-refractivity contribution in [2.24, 2.45) is 0 Å². The zero-order valence-corrected chi connectivity index (χ0v) is 16.0. The van der Waals surface area contributed by atoms with E-state index in [1.807, 2.05) is 30.5 Å². The van der Waals surface area contributed by atoms with Crippen molar-refractivity contribution in [1.82, 2.24) is 19.8 Å². The fourth-order valence-electron chi connectivity index (χ4n) is 3.20. The van der Waals surface area contributed by atoms with Crippen molar-refractivity contribution in [3.8, 4) is 17.3 Å². The molecule has 0 atom stereocenters. The van der Waals surface area contributed by atoms with Crippen molar-refractivity contribution in [1.29, 1.82) is 5.26 Å². The molecule has 1 fully saturated rings. The molecule has 0 saturated carbocycles. The first-order chi connectivity index (χ1) is 12.6. The molecule has 2 aromatic rings. The Hall–Kier alpha value is -2.14. The number of rotatable bonds is 5. The zero-order valence-electron chi connectivity index (χ0n) is 15.2. The molecule has 136 valence electrons. The SMILES string of the molecule is CCN1CCN(Cc2cccc(-c3nc(SC)[nH]c(=O)c3C#N)c2)CC1. The fourth-order valence-corrected chi connectivity index (χ4v) is 3.58. The smallest absolute Gasteiger partial charge is 0.270 e. The number of nitrogens with zero attached hydrogens (tertiary/aromatic N) is 4. The molecule has 1 aliphatic heterocycles. The second kappa shape index (κ2) is 8.49. The van der Waals surface area contributed by atoms with Gasteiger partial charge in [0.1, 0.15) is 11.6 Å². The van der Waals surface area contributed by atoms with Crippen LogP contribution in [-0.4, -0.2) is 58.7 Å². The third-order valence-corrected chi connectivity index (χ3v) is 5.30. The quantitative estimate of drug-likeness (QED) is 0.643. The minimum atomic E-state index is -0.386. The van der Waals surface area contributed by atoms with Gasteiger partial charge < -0.3 is 9.88 Å². The summed E-state index contributed by atoms with van der Waals surface area (Å²) in [6, 6.07) is 10.00. The topological polar surface area (TPSA) is 76.0 Å². The number of hydrogen-bond acceptors (Lipinski definition) is 6. The predicted molar refractivity (Wildman–Crippen MR) is 104 cm³/mol. The molecule has 1 saturated heterocycles. The molecule has 1 aromatic carbocycles. The highest BCUT2D eigenvalue weighted by Gasteiger charge is 2.17. The van der Waals surface area contributed by atoms with Crippen LogP contribution in [0.15, 0.2) is 34.2 Å². The van der Waals surface area contributed by atoms with Crippen LogP contribution in [0.2, 0.25) is 0 Å². The van der Waals surface area contributed by atoms with Gasteiger partial charge in [0.05, 0.1) is 5.69 Å². The molecule has 1 N–H and O–H groups in total. The summed E-state index contributed by atoms with van der Waals surface area (Å²) in [6.07, 6.45) is 1.85. The van der Waals surface area contributed by atoms with Crippen LogP contribution < -0.4 is 5.56 Å². The van der Waals surface area contributed by atoms with Gasteiger partial charge in [0.25, 0.3) is 5.56 Å². The van der Waals surface area contributed by atoms with Crippen LogP contribution in [-0.2, 0) is 6.54 Å². The number of H-pyrrole nitrogens is 1. The Kier molecular flexibility index (Phi) is 6.09. The number of aromatic nitrogens is 2. The number of nitriles is 1. The van der Waals surface area contributed by atoms with Crippen LogP contribution in [0.5, 0.6) is 0 Å². The molecule has 1 aliphatic rings. The molecular formula is C19H23N5OS. The monoisotopic (exact) mass is 369 g/mol. The second-order valence-corrected chi connectivity index (χ2v) is 7.12. The highest BCUT2D eigenvalue weighted by Crippen LogP contribution is 2.23. The Morgan fingerprint density at radius 1 is 1.27 bits per heavy atom. The van der Waals surface area contributed by atoms with E-state index in [0.29, 0.717) is 10.9 Å². The van der Waals surface area contributed by atoms with Crippen molar-refractivity contribution in [2.75, 3.05) is 39.0 Å². The molecule has 2 heterocycles. The first-order valence-corrected chi connectivity index (χ1v) is 9.99. The Bertz CT molecular complexity index is 865. The van der Waals surface area contributed by atoms with Crippen molar-refractivity contribution in [2.45, 2.75) is 18.6 Å².